The van der Waals surface area contributed by atoms with E-state index in [1.54, 1.807) is 0 Å². The molecule has 11 heteroatoms. The quantitative estimate of drug-likeness (QED) is 0.280. The summed E-state index contributed by atoms with van der Waals surface area (Å²) in [6.07, 6.45) is 0.214. The van der Waals surface area contributed by atoms with Crippen molar-refractivity contribution in [3.05, 3.63) is 10.4 Å². The molecule has 1 rings (SSSR count). The van der Waals surface area contributed by atoms with Gasteiger partial charge in [0.2, 0.25) is 17.7 Å². The molecule has 0 aromatic heterocycles. The maximum absolute atomic E-state index is 11.7. The zero-order chi connectivity index (χ0) is 16.5. The van der Waals surface area contributed by atoms with Gasteiger partial charge in [0.15, 0.2) is 0 Å². The van der Waals surface area contributed by atoms with Crippen LogP contribution in [0.15, 0.2) is 5.11 Å². The molecule has 0 spiro atoms. The van der Waals surface area contributed by atoms with Gasteiger partial charge in [-0.3, -0.25) is 19.2 Å². The molecular weight excluding hydrogens is 296 g/mol. The Labute approximate surface area is 125 Å². The van der Waals surface area contributed by atoms with Crippen LogP contribution >= 0.6 is 0 Å². The average molecular weight is 312 g/mol. The normalized spacial score (nSPS) is 16.8. The number of rotatable bonds is 8. The van der Waals surface area contributed by atoms with Crippen molar-refractivity contribution in [2.45, 2.75) is 6.42 Å². The van der Waals surface area contributed by atoms with Crippen LogP contribution in [-0.4, -0.2) is 66.4 Å². The highest BCUT2D eigenvalue weighted by molar-refractivity contribution is 5.89. The Morgan fingerprint density at radius 2 is 2.00 bits per heavy atom. The van der Waals surface area contributed by atoms with E-state index in [-0.39, 0.29) is 37.9 Å². The van der Waals surface area contributed by atoms with Crippen LogP contribution in [0.1, 0.15) is 6.42 Å². The Hall–Kier alpha value is -2.81. The van der Waals surface area contributed by atoms with E-state index < -0.39 is 24.3 Å². The number of carboxylic acid groups (broad SMARTS) is 1. The molecule has 1 atom stereocenters. The largest absolute Gasteiger partial charge is 0.480 e. The van der Waals surface area contributed by atoms with Crippen molar-refractivity contribution in [3.8, 4) is 0 Å². The van der Waals surface area contributed by atoms with Gasteiger partial charge in [-0.1, -0.05) is 5.11 Å². The fraction of sp³-hybridized carbons (Fsp3) is 0.636. The second kappa shape index (κ2) is 8.47. The molecular formula is C11H16N6O5. The SMILES string of the molecule is [N-]=[N+]=NCC1CC(=O)N(CC(=O)NCC(=O)NCC(=O)O)C1. The highest BCUT2D eigenvalue weighted by Crippen LogP contribution is 2.17. The van der Waals surface area contributed by atoms with Gasteiger partial charge in [-0.05, 0) is 11.4 Å². The standard InChI is InChI=1S/C11H16N6O5/c12-16-15-2-7-1-10(20)17(5-7)6-9(19)13-3-8(18)14-4-11(21)22/h7H,1-6H2,(H,13,19)(H,14,18)(H,21,22). The summed E-state index contributed by atoms with van der Waals surface area (Å²) < 4.78 is 0. The van der Waals surface area contributed by atoms with Gasteiger partial charge >= 0.3 is 5.97 Å². The molecule has 22 heavy (non-hydrogen) atoms. The van der Waals surface area contributed by atoms with E-state index in [9.17, 15) is 19.2 Å². The molecule has 0 saturated carbocycles. The van der Waals surface area contributed by atoms with Crippen LogP contribution in [0.25, 0.3) is 10.4 Å². The van der Waals surface area contributed by atoms with E-state index >= 15 is 0 Å². The predicted molar refractivity (Wildman–Crippen MR) is 72.4 cm³/mol. The zero-order valence-electron chi connectivity index (χ0n) is 11.7. The van der Waals surface area contributed by atoms with Gasteiger partial charge in [-0.15, -0.1) is 0 Å². The Kier molecular flexibility index (Phi) is 6.64. The number of hydrogen-bond donors (Lipinski definition) is 3. The van der Waals surface area contributed by atoms with Crippen molar-refractivity contribution in [1.29, 1.82) is 0 Å². The summed E-state index contributed by atoms with van der Waals surface area (Å²) >= 11 is 0. The van der Waals surface area contributed by atoms with Crippen molar-refractivity contribution in [2.24, 2.45) is 11.0 Å². The second-order valence-electron chi connectivity index (χ2n) is 4.71. The first kappa shape index (κ1) is 17.2. The molecule has 120 valence electrons. The van der Waals surface area contributed by atoms with Gasteiger partial charge in [-0.25, -0.2) is 0 Å². The van der Waals surface area contributed by atoms with Gasteiger partial charge in [-0.2, -0.15) is 0 Å². The summed E-state index contributed by atoms with van der Waals surface area (Å²) in [6.45, 7) is -0.580. The van der Waals surface area contributed by atoms with Gasteiger partial charge in [0.05, 0.1) is 13.1 Å². The minimum absolute atomic E-state index is 0.116. The predicted octanol–water partition coefficient (Wildman–Crippen LogP) is -1.54. The highest BCUT2D eigenvalue weighted by atomic mass is 16.4. The third kappa shape index (κ3) is 6.09. The fourth-order valence-corrected chi connectivity index (χ4v) is 1.93. The first-order chi connectivity index (χ1) is 10.4. The van der Waals surface area contributed by atoms with Crippen molar-refractivity contribution < 1.29 is 24.3 Å². The van der Waals surface area contributed by atoms with Crippen molar-refractivity contribution in [3.63, 3.8) is 0 Å². The van der Waals surface area contributed by atoms with Crippen LogP contribution in [0.4, 0.5) is 0 Å². The number of carboxylic acids is 1. The third-order valence-corrected chi connectivity index (χ3v) is 2.92. The molecule has 0 aromatic rings. The van der Waals surface area contributed by atoms with E-state index in [1.165, 1.54) is 4.90 Å². The third-order valence-electron chi connectivity index (χ3n) is 2.92. The van der Waals surface area contributed by atoms with E-state index in [2.05, 4.69) is 20.7 Å². The van der Waals surface area contributed by atoms with Crippen LogP contribution in [-0.2, 0) is 19.2 Å². The molecule has 0 aromatic carbocycles. The minimum Gasteiger partial charge on any atom is -0.480 e. The molecule has 1 aliphatic heterocycles. The average Bonchev–Trinajstić information content (AvgIpc) is 2.80. The number of likely N-dealkylation sites (tertiary alicyclic amines) is 1. The molecule has 3 amide bonds. The Balaban J connectivity index is 2.30. The lowest BCUT2D eigenvalue weighted by Crippen LogP contribution is -2.43. The Morgan fingerprint density at radius 1 is 1.32 bits per heavy atom. The first-order valence-corrected chi connectivity index (χ1v) is 6.46. The maximum atomic E-state index is 11.7. The number of amides is 3. The Bertz CT molecular complexity index is 515. The number of carbonyl (C=O) groups is 4. The molecule has 1 saturated heterocycles. The van der Waals surface area contributed by atoms with E-state index in [0.717, 1.165) is 0 Å². The van der Waals surface area contributed by atoms with E-state index in [0.29, 0.717) is 6.54 Å². The Morgan fingerprint density at radius 3 is 2.64 bits per heavy atom. The molecule has 1 aliphatic rings. The molecule has 1 heterocycles. The van der Waals surface area contributed by atoms with Crippen molar-refractivity contribution >= 4 is 23.7 Å². The van der Waals surface area contributed by atoms with Crippen LogP contribution in [0, 0.1) is 5.92 Å². The molecule has 1 fully saturated rings. The summed E-state index contributed by atoms with van der Waals surface area (Å²) in [7, 11) is 0. The topological polar surface area (TPSA) is 165 Å². The van der Waals surface area contributed by atoms with Crippen molar-refractivity contribution in [2.75, 3.05) is 32.7 Å². The fourth-order valence-electron chi connectivity index (χ4n) is 1.93. The monoisotopic (exact) mass is 312 g/mol. The van der Waals surface area contributed by atoms with Gasteiger partial charge in [0, 0.05) is 24.4 Å². The zero-order valence-corrected chi connectivity index (χ0v) is 11.7. The molecule has 0 radical (unpaired) electrons. The summed E-state index contributed by atoms with van der Waals surface area (Å²) in [5, 5.41) is 16.1. The van der Waals surface area contributed by atoms with Crippen LogP contribution in [0.3, 0.4) is 0 Å². The number of nitrogens with one attached hydrogen (secondary N) is 2. The van der Waals surface area contributed by atoms with Gasteiger partial charge in [0.1, 0.15) is 6.54 Å². The second-order valence-corrected chi connectivity index (χ2v) is 4.71. The van der Waals surface area contributed by atoms with Crippen LogP contribution in [0.2, 0.25) is 0 Å². The molecule has 3 N–H and O–H groups in total. The lowest BCUT2D eigenvalue weighted by atomic mass is 10.1. The molecule has 1 unspecified atom stereocenters. The van der Waals surface area contributed by atoms with Gasteiger partial charge in [0.25, 0.3) is 0 Å². The summed E-state index contributed by atoms with van der Waals surface area (Å²) in [5.74, 6) is -2.68. The first-order valence-electron chi connectivity index (χ1n) is 6.46. The summed E-state index contributed by atoms with van der Waals surface area (Å²) in [5.41, 5.74) is 8.22. The highest BCUT2D eigenvalue weighted by Gasteiger charge is 2.30. The number of nitrogens with zero attached hydrogens (tertiary/aromatic N) is 4. The number of aliphatic carboxylic acids is 1. The van der Waals surface area contributed by atoms with Gasteiger partial charge < -0.3 is 20.6 Å². The van der Waals surface area contributed by atoms with E-state index in [4.69, 9.17) is 10.6 Å². The molecule has 0 bridgehead atoms. The lowest BCUT2D eigenvalue weighted by molar-refractivity contribution is -0.138. The number of hydrogen-bond acceptors (Lipinski definition) is 5. The maximum Gasteiger partial charge on any atom is 0.322 e. The van der Waals surface area contributed by atoms with Crippen LogP contribution < -0.4 is 10.6 Å². The summed E-state index contributed by atoms with van der Waals surface area (Å²) in [6, 6.07) is 0. The number of carbonyl (C=O) groups excluding carboxylic acids is 3. The molecule has 11 nitrogen and oxygen atoms in total. The number of azide groups is 1. The van der Waals surface area contributed by atoms with E-state index in [1.807, 2.05) is 0 Å². The summed E-state index contributed by atoms with van der Waals surface area (Å²) in [4.78, 5) is 48.7. The smallest absolute Gasteiger partial charge is 0.322 e. The lowest BCUT2D eigenvalue weighted by Gasteiger charge is -2.15. The minimum atomic E-state index is -1.19. The van der Waals surface area contributed by atoms with Crippen molar-refractivity contribution in [1.82, 2.24) is 15.5 Å². The molecule has 0 aliphatic carbocycles. The van der Waals surface area contributed by atoms with Crippen LogP contribution in [0.5, 0.6) is 0 Å².